The fourth-order valence-corrected chi connectivity index (χ4v) is 2.54. The van der Waals surface area contributed by atoms with Crippen LogP contribution < -0.4 is 10.6 Å². The molecule has 0 aliphatic carbocycles. The minimum Gasteiger partial charge on any atom is -0.354 e. The Kier molecular flexibility index (Phi) is 5.21. The molecule has 3 aromatic rings. The van der Waals surface area contributed by atoms with Crippen LogP contribution in [0.2, 0.25) is 0 Å². The van der Waals surface area contributed by atoms with Crippen molar-refractivity contribution in [3.8, 4) is 0 Å². The first-order valence-corrected chi connectivity index (χ1v) is 8.09. The Morgan fingerprint density at radius 2 is 1.70 bits per heavy atom. The summed E-state index contributed by atoms with van der Waals surface area (Å²) in [6.45, 7) is 1.46. The van der Waals surface area contributed by atoms with Crippen molar-refractivity contribution in [3.63, 3.8) is 0 Å². The number of hydrogen-bond donors (Lipinski definition) is 3. The number of halogens is 2. The zero-order chi connectivity index (χ0) is 19.4. The molecule has 136 valence electrons. The highest BCUT2D eigenvalue weighted by Crippen LogP contribution is 2.21. The lowest BCUT2D eigenvalue weighted by Crippen LogP contribution is -2.19. The molecule has 0 spiro atoms. The van der Waals surface area contributed by atoms with Gasteiger partial charge >= 0.3 is 0 Å². The molecule has 0 radical (unpaired) electrons. The molecule has 3 N–H and O–H groups in total. The van der Waals surface area contributed by atoms with Crippen molar-refractivity contribution in [2.45, 2.75) is 6.92 Å². The number of aromatic nitrogens is 1. The molecule has 1 amide bonds. The largest absolute Gasteiger partial charge is 0.354 e. The van der Waals surface area contributed by atoms with E-state index < -0.39 is 17.5 Å². The van der Waals surface area contributed by atoms with Crippen LogP contribution in [0.3, 0.4) is 0 Å². The molecule has 0 bridgehead atoms. The molecular weight excluding hydrogens is 350 g/mol. The molecule has 27 heavy (non-hydrogen) atoms. The first-order chi connectivity index (χ1) is 13.0. The van der Waals surface area contributed by atoms with Crippen LogP contribution >= 0.6 is 0 Å². The van der Waals surface area contributed by atoms with Crippen molar-refractivity contribution in [1.29, 1.82) is 5.41 Å². The molecule has 0 saturated heterocycles. The molecule has 7 heteroatoms. The third kappa shape index (κ3) is 3.98. The maximum Gasteiger partial charge on any atom is 0.260 e. The van der Waals surface area contributed by atoms with E-state index in [0.717, 1.165) is 23.7 Å². The number of nitrogens with zero attached hydrogens (tertiary/aromatic N) is 1. The molecule has 1 heterocycles. The Balaban J connectivity index is 1.85. The second-order valence-corrected chi connectivity index (χ2v) is 5.75. The van der Waals surface area contributed by atoms with Crippen molar-refractivity contribution < 1.29 is 13.6 Å². The smallest absolute Gasteiger partial charge is 0.260 e. The summed E-state index contributed by atoms with van der Waals surface area (Å²) >= 11 is 0. The van der Waals surface area contributed by atoms with E-state index in [-0.39, 0.29) is 17.0 Å². The summed E-state index contributed by atoms with van der Waals surface area (Å²) in [5.74, 6) is -1.90. The lowest BCUT2D eigenvalue weighted by molar-refractivity contribution is -0.112. The van der Waals surface area contributed by atoms with Crippen LogP contribution in [0, 0.1) is 17.0 Å². The van der Waals surface area contributed by atoms with Gasteiger partial charge < -0.3 is 16.0 Å². The monoisotopic (exact) mass is 366 g/mol. The fourth-order valence-electron chi connectivity index (χ4n) is 2.54. The number of amides is 1. The summed E-state index contributed by atoms with van der Waals surface area (Å²) in [6.07, 6.45) is 0.817. The molecule has 0 aliphatic rings. The third-order valence-corrected chi connectivity index (χ3v) is 3.91. The highest BCUT2D eigenvalue weighted by Gasteiger charge is 2.15. The van der Waals surface area contributed by atoms with Crippen LogP contribution in [-0.4, -0.2) is 17.1 Å². The van der Waals surface area contributed by atoms with Gasteiger partial charge in [0.05, 0.1) is 11.1 Å². The zero-order valence-corrected chi connectivity index (χ0v) is 14.4. The highest BCUT2D eigenvalue weighted by molar-refractivity contribution is 6.17. The number of nitrogens with one attached hydrogen (secondary N) is 3. The topological polar surface area (TPSA) is 77.9 Å². The molecule has 0 aliphatic heterocycles. The van der Waals surface area contributed by atoms with Crippen LogP contribution in [0.5, 0.6) is 0 Å². The number of hydrogen-bond acceptors (Lipinski definition) is 4. The number of anilines is 2. The van der Waals surface area contributed by atoms with Gasteiger partial charge in [0.1, 0.15) is 23.1 Å². The summed E-state index contributed by atoms with van der Waals surface area (Å²) in [4.78, 5) is 16.8. The first kappa shape index (κ1) is 18.2. The van der Waals surface area contributed by atoms with Crippen LogP contribution in [0.1, 0.15) is 6.92 Å². The Labute approximate surface area is 154 Å². The number of para-hydroxylation sites is 2. The van der Waals surface area contributed by atoms with Crippen LogP contribution in [0.15, 0.2) is 65.9 Å². The van der Waals surface area contributed by atoms with E-state index in [2.05, 4.69) is 15.6 Å². The van der Waals surface area contributed by atoms with Crippen molar-refractivity contribution in [2.24, 2.45) is 0 Å². The van der Waals surface area contributed by atoms with E-state index >= 15 is 0 Å². The van der Waals surface area contributed by atoms with E-state index in [9.17, 15) is 13.6 Å². The molecular formula is C20H16F2N4O. The molecule has 2 aromatic carbocycles. The molecule has 0 saturated carbocycles. The standard InChI is InChI=1S/C20H16F2N4O/c1-12(24-19-15(21)6-4-7-16(19)22)14(11-23)20(27)26-18-10-9-13-5-2-3-8-17(13)25-18/h2-11,23-24H,1H3,(H,25,26,27)/b14-12+,23-11?. The minimum atomic E-state index is -0.796. The second kappa shape index (κ2) is 7.74. The van der Waals surface area contributed by atoms with Gasteiger partial charge in [-0.05, 0) is 37.3 Å². The summed E-state index contributed by atoms with van der Waals surface area (Å²) in [6, 6.07) is 14.3. The zero-order valence-electron chi connectivity index (χ0n) is 14.4. The van der Waals surface area contributed by atoms with E-state index in [1.54, 1.807) is 6.07 Å². The molecule has 1 aromatic heterocycles. The molecule has 0 unspecified atom stereocenters. The Hall–Kier alpha value is -3.61. The normalized spacial score (nSPS) is 11.7. The molecule has 0 fully saturated rings. The lowest BCUT2D eigenvalue weighted by Gasteiger charge is -2.12. The summed E-state index contributed by atoms with van der Waals surface area (Å²) in [5, 5.41) is 13.5. The Morgan fingerprint density at radius 1 is 1.00 bits per heavy atom. The number of pyridine rings is 1. The van der Waals surface area contributed by atoms with Crippen molar-refractivity contribution in [1.82, 2.24) is 4.98 Å². The average Bonchev–Trinajstić information content (AvgIpc) is 2.65. The first-order valence-electron chi connectivity index (χ1n) is 8.09. The number of carbonyl (C=O) groups is 1. The number of allylic oxidation sites excluding steroid dienone is 1. The van der Waals surface area contributed by atoms with Crippen molar-refractivity contribution in [3.05, 3.63) is 77.5 Å². The average molecular weight is 366 g/mol. The fraction of sp³-hybridized carbons (Fsp3) is 0.0500. The van der Waals surface area contributed by atoms with Gasteiger partial charge in [-0.25, -0.2) is 13.8 Å². The predicted octanol–water partition coefficient (Wildman–Crippen LogP) is 4.49. The van der Waals surface area contributed by atoms with Gasteiger partial charge in [-0.2, -0.15) is 0 Å². The summed E-state index contributed by atoms with van der Waals surface area (Å²) in [5.41, 5.74) is 0.379. The molecule has 3 rings (SSSR count). The molecule has 0 atom stereocenters. The van der Waals surface area contributed by atoms with Gasteiger partial charge in [-0.3, -0.25) is 4.79 Å². The number of carbonyl (C=O) groups excluding carboxylic acids is 1. The van der Waals surface area contributed by atoms with Gasteiger partial charge in [-0.1, -0.05) is 24.3 Å². The van der Waals surface area contributed by atoms with Crippen LogP contribution in [0.25, 0.3) is 10.9 Å². The Bertz CT molecular complexity index is 1040. The SMILES string of the molecule is C/C(Nc1c(F)cccc1F)=C(/C=N)C(=O)Nc1ccc2ccccc2n1. The third-order valence-electron chi connectivity index (χ3n) is 3.91. The molecule has 5 nitrogen and oxygen atoms in total. The Morgan fingerprint density at radius 3 is 2.41 bits per heavy atom. The number of rotatable bonds is 5. The van der Waals surface area contributed by atoms with Crippen LogP contribution in [0.4, 0.5) is 20.3 Å². The van der Waals surface area contributed by atoms with E-state index in [4.69, 9.17) is 5.41 Å². The van der Waals surface area contributed by atoms with Gasteiger partial charge in [0.25, 0.3) is 5.91 Å². The number of fused-ring (bicyclic) bond motifs is 1. The quantitative estimate of drug-likeness (QED) is 0.460. The van der Waals surface area contributed by atoms with Gasteiger partial charge in [0, 0.05) is 17.3 Å². The maximum absolute atomic E-state index is 13.8. The van der Waals surface area contributed by atoms with E-state index in [1.165, 1.54) is 13.0 Å². The lowest BCUT2D eigenvalue weighted by atomic mass is 10.2. The predicted molar refractivity (Wildman–Crippen MR) is 102 cm³/mol. The van der Waals surface area contributed by atoms with E-state index in [1.807, 2.05) is 30.3 Å². The van der Waals surface area contributed by atoms with E-state index in [0.29, 0.717) is 11.3 Å². The van der Waals surface area contributed by atoms with Gasteiger partial charge in [0.15, 0.2) is 0 Å². The van der Waals surface area contributed by atoms with Crippen molar-refractivity contribution in [2.75, 3.05) is 10.6 Å². The number of benzene rings is 2. The van der Waals surface area contributed by atoms with Gasteiger partial charge in [0.2, 0.25) is 0 Å². The second-order valence-electron chi connectivity index (χ2n) is 5.75. The summed E-state index contributed by atoms with van der Waals surface area (Å²) < 4.78 is 27.6. The van der Waals surface area contributed by atoms with Crippen molar-refractivity contribution >= 4 is 34.5 Å². The summed E-state index contributed by atoms with van der Waals surface area (Å²) in [7, 11) is 0. The maximum atomic E-state index is 13.8. The minimum absolute atomic E-state index is 0.0763. The highest BCUT2D eigenvalue weighted by atomic mass is 19.1. The van der Waals surface area contributed by atoms with Gasteiger partial charge in [-0.15, -0.1) is 0 Å². The van der Waals surface area contributed by atoms with Crippen LogP contribution in [-0.2, 0) is 4.79 Å².